The SMILES string of the molecule is CCN(CC)N=CC(C(=O)OC)=C(O)c1c(F)c(C)c(F)c(F)c1[N+](=O)[O-]. The summed E-state index contributed by atoms with van der Waals surface area (Å²) >= 11 is 0. The summed E-state index contributed by atoms with van der Waals surface area (Å²) < 4.78 is 46.6. The van der Waals surface area contributed by atoms with Gasteiger partial charge in [-0.05, 0) is 20.8 Å². The van der Waals surface area contributed by atoms with Gasteiger partial charge in [-0.25, -0.2) is 13.6 Å². The summed E-state index contributed by atoms with van der Waals surface area (Å²) in [4.78, 5) is 21.7. The largest absolute Gasteiger partial charge is 0.506 e. The molecular formula is C16H18F3N3O5. The Kier molecular flexibility index (Phi) is 7.32. The van der Waals surface area contributed by atoms with Gasteiger partial charge >= 0.3 is 11.7 Å². The molecule has 0 aromatic heterocycles. The average molecular weight is 389 g/mol. The molecule has 1 aromatic rings. The van der Waals surface area contributed by atoms with Crippen LogP contribution in [-0.2, 0) is 9.53 Å². The summed E-state index contributed by atoms with van der Waals surface area (Å²) in [6.07, 6.45) is 0.800. The minimum atomic E-state index is -1.97. The van der Waals surface area contributed by atoms with E-state index >= 15 is 0 Å². The number of esters is 1. The maximum atomic E-state index is 14.5. The maximum Gasteiger partial charge on any atom is 0.343 e. The molecule has 0 saturated carbocycles. The lowest BCUT2D eigenvalue weighted by atomic mass is 10.0. The molecule has 0 atom stereocenters. The van der Waals surface area contributed by atoms with Crippen LogP contribution in [0.1, 0.15) is 25.0 Å². The zero-order valence-corrected chi connectivity index (χ0v) is 15.0. The third-order valence-electron chi connectivity index (χ3n) is 3.68. The summed E-state index contributed by atoms with van der Waals surface area (Å²) in [6, 6.07) is 0. The molecule has 0 aliphatic heterocycles. The van der Waals surface area contributed by atoms with E-state index in [4.69, 9.17) is 0 Å². The van der Waals surface area contributed by atoms with Crippen molar-refractivity contribution in [3.05, 3.63) is 44.3 Å². The molecule has 0 fully saturated rings. The van der Waals surface area contributed by atoms with Gasteiger partial charge in [-0.2, -0.15) is 9.49 Å². The number of carbonyl (C=O) groups is 1. The molecule has 1 rings (SSSR count). The predicted molar refractivity (Wildman–Crippen MR) is 90.7 cm³/mol. The van der Waals surface area contributed by atoms with Crippen LogP contribution in [0.2, 0.25) is 0 Å². The standard InChI is InChI=1S/C16H18F3N3O5/c1-5-21(6-2)20-7-9(16(24)27-4)15(23)10-11(17)8(3)12(18)13(19)14(10)22(25)26/h7,23H,5-6H2,1-4H3. The second-order valence-corrected chi connectivity index (χ2v) is 5.19. The van der Waals surface area contributed by atoms with Crippen LogP contribution in [0, 0.1) is 34.5 Å². The molecule has 8 nitrogen and oxygen atoms in total. The molecular weight excluding hydrogens is 371 g/mol. The molecule has 0 heterocycles. The Labute approximate surface area is 152 Å². The third kappa shape index (κ3) is 4.36. The number of nitro benzene ring substituents is 1. The predicted octanol–water partition coefficient (Wildman–Crippen LogP) is 3.09. The molecule has 0 radical (unpaired) electrons. The first-order valence-corrected chi connectivity index (χ1v) is 7.74. The zero-order valence-electron chi connectivity index (χ0n) is 15.0. The number of rotatable bonds is 7. The van der Waals surface area contributed by atoms with Crippen LogP contribution in [-0.4, -0.2) is 47.4 Å². The van der Waals surface area contributed by atoms with Crippen LogP contribution in [0.5, 0.6) is 0 Å². The fourth-order valence-corrected chi connectivity index (χ4v) is 2.14. The van der Waals surface area contributed by atoms with Gasteiger partial charge < -0.3 is 9.84 Å². The Morgan fingerprint density at radius 2 is 1.81 bits per heavy atom. The molecule has 0 bridgehead atoms. The van der Waals surface area contributed by atoms with Crippen molar-refractivity contribution in [1.82, 2.24) is 5.01 Å². The van der Waals surface area contributed by atoms with E-state index in [1.165, 1.54) is 5.01 Å². The highest BCUT2D eigenvalue weighted by Crippen LogP contribution is 2.35. The summed E-state index contributed by atoms with van der Waals surface area (Å²) in [6.45, 7) is 5.15. The van der Waals surface area contributed by atoms with Gasteiger partial charge in [-0.15, -0.1) is 0 Å². The molecule has 0 aliphatic carbocycles. The number of nitrogens with zero attached hydrogens (tertiary/aromatic N) is 3. The van der Waals surface area contributed by atoms with Crippen LogP contribution < -0.4 is 0 Å². The first-order valence-electron chi connectivity index (χ1n) is 7.74. The van der Waals surface area contributed by atoms with Crippen LogP contribution in [0.3, 0.4) is 0 Å². The molecule has 0 unspecified atom stereocenters. The highest BCUT2D eigenvalue weighted by molar-refractivity contribution is 6.15. The summed E-state index contributed by atoms with van der Waals surface area (Å²) in [5.74, 6) is -7.84. The van der Waals surface area contributed by atoms with Gasteiger partial charge in [0, 0.05) is 18.7 Å². The lowest BCUT2D eigenvalue weighted by Gasteiger charge is -2.14. The number of methoxy groups -OCH3 is 1. The second kappa shape index (κ2) is 9.01. The highest BCUT2D eigenvalue weighted by Gasteiger charge is 2.35. The lowest BCUT2D eigenvalue weighted by Crippen LogP contribution is -2.18. The first-order chi connectivity index (χ1) is 12.6. The quantitative estimate of drug-likeness (QED) is 0.146. The highest BCUT2D eigenvalue weighted by atomic mass is 19.2. The molecule has 0 spiro atoms. The Bertz CT molecular complexity index is 820. The van der Waals surface area contributed by atoms with E-state index in [1.54, 1.807) is 13.8 Å². The number of halogens is 3. The topological polar surface area (TPSA) is 105 Å². The van der Waals surface area contributed by atoms with Crippen molar-refractivity contribution >= 4 is 23.6 Å². The van der Waals surface area contributed by atoms with Gasteiger partial charge in [-0.3, -0.25) is 15.1 Å². The van der Waals surface area contributed by atoms with Crippen molar-refractivity contribution in [1.29, 1.82) is 0 Å². The van der Waals surface area contributed by atoms with E-state index < -0.39 is 56.5 Å². The van der Waals surface area contributed by atoms with Crippen molar-refractivity contribution in [2.45, 2.75) is 20.8 Å². The number of carbonyl (C=O) groups excluding carboxylic acids is 1. The number of aliphatic hydroxyl groups is 1. The van der Waals surface area contributed by atoms with Crippen LogP contribution in [0.25, 0.3) is 5.76 Å². The summed E-state index contributed by atoms with van der Waals surface area (Å²) in [5.41, 5.74) is -4.59. The van der Waals surface area contributed by atoms with E-state index in [2.05, 4.69) is 9.84 Å². The normalized spacial score (nSPS) is 12.1. The molecule has 148 valence electrons. The fraction of sp³-hybridized carbons (Fsp3) is 0.375. The summed E-state index contributed by atoms with van der Waals surface area (Å²) in [5, 5.41) is 26.8. The van der Waals surface area contributed by atoms with Crippen molar-refractivity contribution < 1.29 is 32.7 Å². The zero-order chi connectivity index (χ0) is 20.9. The average Bonchev–Trinajstić information content (AvgIpc) is 2.65. The maximum absolute atomic E-state index is 14.5. The molecule has 11 heteroatoms. The van der Waals surface area contributed by atoms with Crippen molar-refractivity contribution in [3.63, 3.8) is 0 Å². The lowest BCUT2D eigenvalue weighted by molar-refractivity contribution is -0.388. The number of hydrogen-bond donors (Lipinski definition) is 1. The number of benzene rings is 1. The molecule has 1 aromatic carbocycles. The van der Waals surface area contributed by atoms with E-state index in [9.17, 15) is 33.2 Å². The smallest absolute Gasteiger partial charge is 0.343 e. The van der Waals surface area contributed by atoms with Gasteiger partial charge in [0.15, 0.2) is 5.82 Å². The van der Waals surface area contributed by atoms with Gasteiger partial charge in [0.05, 0.1) is 18.2 Å². The molecule has 0 amide bonds. The number of aliphatic hydroxyl groups excluding tert-OH is 1. The monoisotopic (exact) mass is 389 g/mol. The minimum Gasteiger partial charge on any atom is -0.506 e. The third-order valence-corrected chi connectivity index (χ3v) is 3.68. The number of ether oxygens (including phenoxy) is 1. The van der Waals surface area contributed by atoms with Crippen LogP contribution in [0.15, 0.2) is 10.7 Å². The molecule has 27 heavy (non-hydrogen) atoms. The van der Waals surface area contributed by atoms with Crippen molar-refractivity contribution in [3.8, 4) is 0 Å². The Hall–Kier alpha value is -3.11. The molecule has 0 aliphatic rings. The summed E-state index contributed by atoms with van der Waals surface area (Å²) in [7, 11) is 0.947. The minimum absolute atomic E-state index is 0.418. The van der Waals surface area contributed by atoms with Gasteiger partial charge in [0.1, 0.15) is 22.7 Å². The van der Waals surface area contributed by atoms with Crippen molar-refractivity contribution in [2.75, 3.05) is 20.2 Å². The van der Waals surface area contributed by atoms with Crippen molar-refractivity contribution in [2.24, 2.45) is 5.10 Å². The van der Waals surface area contributed by atoms with Crippen LogP contribution in [0.4, 0.5) is 18.9 Å². The first kappa shape index (κ1) is 21.9. The van der Waals surface area contributed by atoms with Crippen LogP contribution >= 0.6 is 0 Å². The fourth-order valence-electron chi connectivity index (χ4n) is 2.14. The van der Waals surface area contributed by atoms with E-state index in [0.29, 0.717) is 13.1 Å². The Morgan fingerprint density at radius 1 is 1.26 bits per heavy atom. The van der Waals surface area contributed by atoms with Gasteiger partial charge in [-0.1, -0.05) is 0 Å². The van der Waals surface area contributed by atoms with E-state index in [-0.39, 0.29) is 0 Å². The molecule has 1 N–H and O–H groups in total. The second-order valence-electron chi connectivity index (χ2n) is 5.19. The Balaban J connectivity index is 3.86. The van der Waals surface area contributed by atoms with Gasteiger partial charge in [0.25, 0.3) is 0 Å². The van der Waals surface area contributed by atoms with Gasteiger partial charge in [0.2, 0.25) is 5.82 Å². The van der Waals surface area contributed by atoms with E-state index in [0.717, 1.165) is 20.2 Å². The number of hydrogen-bond acceptors (Lipinski definition) is 7. The van der Waals surface area contributed by atoms with E-state index in [1.807, 2.05) is 0 Å². The molecule has 0 saturated heterocycles. The Morgan fingerprint density at radius 3 is 2.26 bits per heavy atom. The number of hydrazone groups is 1. The number of nitro groups is 1.